The van der Waals surface area contributed by atoms with E-state index in [0.717, 1.165) is 96.3 Å². The largest absolute Gasteiger partial charge is 0.462 e. The third kappa shape index (κ3) is 57.6. The van der Waals surface area contributed by atoms with Gasteiger partial charge >= 0.3 is 17.9 Å². The first-order chi connectivity index (χ1) is 35.0. The average Bonchev–Trinajstić information content (AvgIpc) is 3.37. The number of rotatable bonds is 55. The Morgan fingerprint density at radius 1 is 0.282 bits per heavy atom. The number of allylic oxidation sites excluding steroid dienone is 12. The zero-order valence-electron chi connectivity index (χ0n) is 47.0. The van der Waals surface area contributed by atoms with E-state index in [9.17, 15) is 14.4 Å². The van der Waals surface area contributed by atoms with Crippen molar-refractivity contribution >= 4 is 17.9 Å². The quantitative estimate of drug-likeness (QED) is 0.0261. The molecule has 0 amide bonds. The van der Waals surface area contributed by atoms with Gasteiger partial charge in [-0.3, -0.25) is 14.4 Å². The van der Waals surface area contributed by atoms with Gasteiger partial charge in [0.05, 0.1) is 0 Å². The van der Waals surface area contributed by atoms with Crippen LogP contribution in [0.2, 0.25) is 0 Å². The number of esters is 3. The number of ether oxygens (including phenoxy) is 3. The Morgan fingerprint density at radius 2 is 0.507 bits per heavy atom. The summed E-state index contributed by atoms with van der Waals surface area (Å²) in [4.78, 5) is 38.2. The first kappa shape index (κ1) is 67.8. The molecule has 0 aliphatic carbocycles. The molecule has 0 unspecified atom stereocenters. The molecular weight excluding hydrogens is 877 g/mol. The average molecular weight is 992 g/mol. The Balaban J connectivity index is 4.37. The zero-order chi connectivity index (χ0) is 51.4. The maximum absolute atomic E-state index is 12.8. The molecular formula is C65H114O6. The van der Waals surface area contributed by atoms with Crippen molar-refractivity contribution in [3.05, 3.63) is 72.9 Å². The Hall–Kier alpha value is -3.15. The van der Waals surface area contributed by atoms with E-state index in [4.69, 9.17) is 14.2 Å². The van der Waals surface area contributed by atoms with Gasteiger partial charge in [0.15, 0.2) is 6.10 Å². The highest BCUT2D eigenvalue weighted by molar-refractivity contribution is 5.71. The van der Waals surface area contributed by atoms with Crippen molar-refractivity contribution in [2.24, 2.45) is 0 Å². The molecule has 71 heavy (non-hydrogen) atoms. The molecule has 6 nitrogen and oxygen atoms in total. The number of hydrogen-bond donors (Lipinski definition) is 0. The minimum atomic E-state index is -0.793. The second-order valence-electron chi connectivity index (χ2n) is 20.2. The van der Waals surface area contributed by atoms with Crippen LogP contribution in [-0.2, 0) is 28.6 Å². The van der Waals surface area contributed by atoms with Gasteiger partial charge in [-0.05, 0) is 116 Å². The van der Waals surface area contributed by atoms with E-state index < -0.39 is 6.10 Å². The fourth-order valence-corrected chi connectivity index (χ4v) is 8.53. The maximum Gasteiger partial charge on any atom is 0.306 e. The lowest BCUT2D eigenvalue weighted by molar-refractivity contribution is -0.167. The predicted molar refractivity (Wildman–Crippen MR) is 307 cm³/mol. The molecule has 0 bridgehead atoms. The van der Waals surface area contributed by atoms with Crippen LogP contribution < -0.4 is 0 Å². The van der Waals surface area contributed by atoms with Crippen LogP contribution in [0.5, 0.6) is 0 Å². The minimum absolute atomic E-state index is 0.0883. The van der Waals surface area contributed by atoms with Crippen LogP contribution >= 0.6 is 0 Å². The molecule has 0 fully saturated rings. The van der Waals surface area contributed by atoms with Crippen LogP contribution in [-0.4, -0.2) is 37.2 Å². The van der Waals surface area contributed by atoms with Crippen LogP contribution in [0.25, 0.3) is 0 Å². The van der Waals surface area contributed by atoms with E-state index in [2.05, 4.69) is 93.7 Å². The predicted octanol–water partition coefficient (Wildman–Crippen LogP) is 20.5. The van der Waals surface area contributed by atoms with Crippen LogP contribution in [0.3, 0.4) is 0 Å². The lowest BCUT2D eigenvalue weighted by Gasteiger charge is -2.18. The molecule has 0 heterocycles. The van der Waals surface area contributed by atoms with E-state index in [-0.39, 0.29) is 31.1 Å². The van der Waals surface area contributed by atoms with Gasteiger partial charge in [0.25, 0.3) is 0 Å². The van der Waals surface area contributed by atoms with Gasteiger partial charge in [0, 0.05) is 19.3 Å². The number of carbonyl (C=O) groups is 3. The van der Waals surface area contributed by atoms with Gasteiger partial charge in [-0.25, -0.2) is 0 Å². The summed E-state index contributed by atoms with van der Waals surface area (Å²) in [7, 11) is 0. The Morgan fingerprint density at radius 3 is 0.859 bits per heavy atom. The third-order valence-electron chi connectivity index (χ3n) is 13.2. The summed E-state index contributed by atoms with van der Waals surface area (Å²) in [5.74, 6) is -0.920. The Bertz CT molecular complexity index is 1320. The molecule has 410 valence electrons. The highest BCUT2D eigenvalue weighted by atomic mass is 16.6. The molecule has 0 aromatic carbocycles. The van der Waals surface area contributed by atoms with Gasteiger partial charge in [0.1, 0.15) is 13.2 Å². The maximum atomic E-state index is 12.8. The normalized spacial score (nSPS) is 12.5. The van der Waals surface area contributed by atoms with Gasteiger partial charge in [-0.2, -0.15) is 0 Å². The molecule has 0 aromatic rings. The van der Waals surface area contributed by atoms with Crippen molar-refractivity contribution in [1.29, 1.82) is 0 Å². The zero-order valence-corrected chi connectivity index (χ0v) is 47.0. The lowest BCUT2D eigenvalue weighted by atomic mass is 10.0. The summed E-state index contributed by atoms with van der Waals surface area (Å²) in [6.45, 7) is 6.58. The molecule has 0 saturated heterocycles. The summed E-state index contributed by atoms with van der Waals surface area (Å²) in [6.07, 6.45) is 76.1. The first-order valence-electron chi connectivity index (χ1n) is 30.4. The SMILES string of the molecule is CCCCC/C=C\C/C=C\C/C=C\C/C=C\CCCCCC(=O)OC[C@H](COC(=O)CCCCCCCCCCCCC/C=C\CCCCCCCC)OC(=O)CCCCCCC/C=C\CCCCCC. The summed E-state index contributed by atoms with van der Waals surface area (Å²) in [5.41, 5.74) is 0. The summed E-state index contributed by atoms with van der Waals surface area (Å²) < 4.78 is 16.9. The molecule has 0 aromatic heterocycles. The van der Waals surface area contributed by atoms with Crippen molar-refractivity contribution in [2.45, 2.75) is 309 Å². The van der Waals surface area contributed by atoms with E-state index in [1.807, 2.05) is 0 Å². The molecule has 0 N–H and O–H groups in total. The van der Waals surface area contributed by atoms with E-state index >= 15 is 0 Å². The summed E-state index contributed by atoms with van der Waals surface area (Å²) >= 11 is 0. The van der Waals surface area contributed by atoms with Crippen molar-refractivity contribution in [3.8, 4) is 0 Å². The second kappa shape index (κ2) is 59.4. The van der Waals surface area contributed by atoms with E-state index in [1.54, 1.807) is 0 Å². The van der Waals surface area contributed by atoms with Gasteiger partial charge < -0.3 is 14.2 Å². The Labute approximate surface area is 440 Å². The fourth-order valence-electron chi connectivity index (χ4n) is 8.53. The van der Waals surface area contributed by atoms with Crippen molar-refractivity contribution in [3.63, 3.8) is 0 Å². The molecule has 1 atom stereocenters. The van der Waals surface area contributed by atoms with E-state index in [1.165, 1.54) is 167 Å². The Kier molecular flexibility index (Phi) is 56.8. The summed E-state index contributed by atoms with van der Waals surface area (Å²) in [5, 5.41) is 0. The molecule has 0 spiro atoms. The van der Waals surface area contributed by atoms with Crippen LogP contribution in [0.1, 0.15) is 303 Å². The third-order valence-corrected chi connectivity index (χ3v) is 13.2. The lowest BCUT2D eigenvalue weighted by Crippen LogP contribution is -2.30. The number of carbonyl (C=O) groups excluding carboxylic acids is 3. The van der Waals surface area contributed by atoms with Crippen LogP contribution in [0, 0.1) is 0 Å². The number of hydrogen-bond acceptors (Lipinski definition) is 6. The minimum Gasteiger partial charge on any atom is -0.462 e. The highest BCUT2D eigenvalue weighted by Crippen LogP contribution is 2.15. The van der Waals surface area contributed by atoms with Crippen LogP contribution in [0.4, 0.5) is 0 Å². The van der Waals surface area contributed by atoms with Gasteiger partial charge in [0.2, 0.25) is 0 Å². The van der Waals surface area contributed by atoms with Crippen molar-refractivity contribution in [2.75, 3.05) is 13.2 Å². The topological polar surface area (TPSA) is 78.9 Å². The van der Waals surface area contributed by atoms with E-state index in [0.29, 0.717) is 19.3 Å². The molecule has 0 radical (unpaired) electrons. The van der Waals surface area contributed by atoms with Crippen LogP contribution in [0.15, 0.2) is 72.9 Å². The first-order valence-corrected chi connectivity index (χ1v) is 30.4. The fraction of sp³-hybridized carbons (Fsp3) is 0.769. The smallest absolute Gasteiger partial charge is 0.306 e. The molecule has 0 saturated carbocycles. The standard InChI is InChI=1S/C65H114O6/c1-4-7-10-13-16-19-22-25-27-29-31-32-34-36-38-41-43-46-49-52-55-58-64(67)70-61-62(71-65(68)59-56-53-50-47-44-39-24-21-18-15-12-9-6-3)60-69-63(66)57-54-51-48-45-42-40-37-35-33-30-28-26-23-20-17-14-11-8-5-2/h17,20-21,24-28,33,35,40,42,62H,4-16,18-19,22-23,29-32,34,36-39,41,43-61H2,1-3H3/b20-17-,24-21-,27-25-,28-26-,35-33-,42-40-/t62-/m1/s1. The van der Waals surface area contributed by atoms with Crippen molar-refractivity contribution in [1.82, 2.24) is 0 Å². The van der Waals surface area contributed by atoms with Gasteiger partial charge in [-0.1, -0.05) is 241 Å². The second-order valence-corrected chi connectivity index (χ2v) is 20.2. The molecule has 0 aliphatic rings. The molecule has 0 rings (SSSR count). The van der Waals surface area contributed by atoms with Crippen molar-refractivity contribution < 1.29 is 28.6 Å². The number of unbranched alkanes of at least 4 members (excludes halogenated alkanes) is 32. The molecule has 0 aliphatic heterocycles. The molecule has 6 heteroatoms. The van der Waals surface area contributed by atoms with Gasteiger partial charge in [-0.15, -0.1) is 0 Å². The highest BCUT2D eigenvalue weighted by Gasteiger charge is 2.19. The monoisotopic (exact) mass is 991 g/mol. The summed E-state index contributed by atoms with van der Waals surface area (Å²) in [6, 6.07) is 0.